The topological polar surface area (TPSA) is 72.7 Å². The summed E-state index contributed by atoms with van der Waals surface area (Å²) in [5.74, 6) is -0.106. The van der Waals surface area contributed by atoms with Gasteiger partial charge in [0.25, 0.3) is 0 Å². The number of amides is 1. The van der Waals surface area contributed by atoms with Gasteiger partial charge in [-0.15, -0.1) is 0 Å². The lowest BCUT2D eigenvalue weighted by Crippen LogP contribution is -2.05. The molecule has 33 heavy (non-hydrogen) atoms. The number of nitrogens with zero attached hydrogens (tertiary/aromatic N) is 4. The van der Waals surface area contributed by atoms with Crippen LogP contribution in [0.4, 0.5) is 5.13 Å². The zero-order valence-electron chi connectivity index (χ0n) is 19.2. The first-order valence-corrected chi connectivity index (χ1v) is 12.3. The quantitative estimate of drug-likeness (QED) is 0.413. The second kappa shape index (κ2) is 8.90. The van der Waals surface area contributed by atoms with Gasteiger partial charge in [0.05, 0.1) is 27.6 Å². The number of carbonyl (C=O) groups excluding carboxylic acids is 1. The van der Waals surface area contributed by atoms with Gasteiger partial charge in [0.2, 0.25) is 5.91 Å². The Morgan fingerprint density at radius 3 is 2.76 bits per heavy atom. The highest BCUT2D eigenvalue weighted by atomic mass is 32.1. The van der Waals surface area contributed by atoms with E-state index < -0.39 is 0 Å². The summed E-state index contributed by atoms with van der Waals surface area (Å²) in [7, 11) is 0. The number of hydrogen-bond acceptors (Lipinski definition) is 5. The summed E-state index contributed by atoms with van der Waals surface area (Å²) in [6, 6.07) is 12.6. The Kier molecular flexibility index (Phi) is 5.81. The van der Waals surface area contributed by atoms with E-state index in [2.05, 4.69) is 48.1 Å². The summed E-state index contributed by atoms with van der Waals surface area (Å²) in [5, 5.41) is 8.66. The molecule has 3 heterocycles. The number of pyridine rings is 1. The molecule has 5 rings (SSSR count). The molecule has 0 bridgehead atoms. The molecular formula is C26H27N5OS. The maximum Gasteiger partial charge on any atom is 0.223 e. The molecule has 7 heteroatoms. The van der Waals surface area contributed by atoms with Crippen molar-refractivity contribution in [2.75, 3.05) is 5.32 Å². The van der Waals surface area contributed by atoms with Gasteiger partial charge >= 0.3 is 0 Å². The van der Waals surface area contributed by atoms with E-state index in [0.29, 0.717) is 5.13 Å². The number of thiazole rings is 1. The van der Waals surface area contributed by atoms with E-state index in [9.17, 15) is 4.79 Å². The Labute approximate surface area is 197 Å². The predicted octanol–water partition coefficient (Wildman–Crippen LogP) is 5.77. The zero-order valence-corrected chi connectivity index (χ0v) is 20.0. The first kappa shape index (κ1) is 21.5. The molecule has 0 aliphatic heterocycles. The lowest BCUT2D eigenvalue weighted by molar-refractivity contribution is -0.114. The van der Waals surface area contributed by atoms with Gasteiger partial charge < -0.3 is 5.32 Å². The minimum atomic E-state index is -0.106. The first-order valence-electron chi connectivity index (χ1n) is 11.5. The second-order valence-corrected chi connectivity index (χ2v) is 9.49. The molecule has 168 valence electrons. The summed E-state index contributed by atoms with van der Waals surface area (Å²) in [6.07, 6.45) is 6.79. The Morgan fingerprint density at radius 1 is 1.18 bits per heavy atom. The van der Waals surface area contributed by atoms with Crippen LogP contribution in [0.5, 0.6) is 0 Å². The fraction of sp³-hybridized carbons (Fsp3) is 0.308. The van der Waals surface area contributed by atoms with Crippen molar-refractivity contribution in [3.8, 4) is 27.5 Å². The Hall–Kier alpha value is -3.32. The van der Waals surface area contributed by atoms with E-state index in [4.69, 9.17) is 15.1 Å². The van der Waals surface area contributed by atoms with Crippen LogP contribution in [0.3, 0.4) is 0 Å². The SMILES string of the molecule is CCCc1ccc(-c2nn(-c3ccccc3C)c3c2CCCc2nc(NC(C)=O)sc2-3)cn1. The van der Waals surface area contributed by atoms with Gasteiger partial charge in [-0.25, -0.2) is 9.67 Å². The molecule has 0 spiro atoms. The molecule has 3 aromatic heterocycles. The fourth-order valence-corrected chi connectivity index (χ4v) is 5.55. The van der Waals surface area contributed by atoms with E-state index in [1.165, 1.54) is 23.8 Å². The number of aryl methyl sites for hydroxylation is 3. The molecule has 6 nitrogen and oxygen atoms in total. The molecule has 0 saturated carbocycles. The zero-order chi connectivity index (χ0) is 22.9. The van der Waals surface area contributed by atoms with Crippen LogP contribution in [0, 0.1) is 6.92 Å². The molecule has 4 aromatic rings. The minimum absolute atomic E-state index is 0.106. The van der Waals surface area contributed by atoms with E-state index >= 15 is 0 Å². The van der Waals surface area contributed by atoms with Crippen molar-refractivity contribution < 1.29 is 4.79 Å². The highest BCUT2D eigenvalue weighted by molar-refractivity contribution is 7.19. The third-order valence-electron chi connectivity index (χ3n) is 5.97. The second-order valence-electron chi connectivity index (χ2n) is 8.49. The van der Waals surface area contributed by atoms with E-state index in [1.54, 1.807) is 0 Å². The van der Waals surface area contributed by atoms with Crippen LogP contribution in [0.2, 0.25) is 0 Å². The molecule has 1 aliphatic rings. The molecule has 1 amide bonds. The highest BCUT2D eigenvalue weighted by Gasteiger charge is 2.28. The van der Waals surface area contributed by atoms with Crippen molar-refractivity contribution in [3.63, 3.8) is 0 Å². The number of anilines is 1. The molecule has 1 N–H and O–H groups in total. The summed E-state index contributed by atoms with van der Waals surface area (Å²) < 4.78 is 2.07. The fourth-order valence-electron chi connectivity index (χ4n) is 4.44. The van der Waals surface area contributed by atoms with Crippen LogP contribution >= 0.6 is 11.3 Å². The Bertz CT molecular complexity index is 1320. The minimum Gasteiger partial charge on any atom is -0.302 e. The molecule has 0 unspecified atom stereocenters. The third kappa shape index (κ3) is 4.09. The highest BCUT2D eigenvalue weighted by Crippen LogP contribution is 2.43. The van der Waals surface area contributed by atoms with Gasteiger partial charge in [0.1, 0.15) is 0 Å². The summed E-state index contributed by atoms with van der Waals surface area (Å²) >= 11 is 1.53. The maximum absolute atomic E-state index is 11.7. The molecule has 0 fully saturated rings. The smallest absolute Gasteiger partial charge is 0.223 e. The average molecular weight is 458 g/mol. The van der Waals surface area contributed by atoms with Crippen LogP contribution in [-0.4, -0.2) is 25.7 Å². The molecule has 0 radical (unpaired) electrons. The first-order chi connectivity index (χ1) is 16.0. The number of nitrogens with one attached hydrogen (secondary N) is 1. The standard InChI is InChI=1S/C26H27N5OS/c1-4-8-19-14-13-18(15-27-19)23-20-10-7-11-21-25(33-26(29-21)28-17(3)32)24(20)31(30-23)22-12-6-5-9-16(22)2/h5-6,9,12-15H,4,7-8,10-11H2,1-3H3,(H,28,29,32). The number of benzene rings is 1. The summed E-state index contributed by atoms with van der Waals surface area (Å²) in [5.41, 5.74) is 8.66. The normalized spacial score (nSPS) is 12.7. The third-order valence-corrected chi connectivity index (χ3v) is 6.99. The van der Waals surface area contributed by atoms with Crippen LogP contribution in [-0.2, 0) is 24.1 Å². The van der Waals surface area contributed by atoms with Crippen LogP contribution < -0.4 is 5.32 Å². The summed E-state index contributed by atoms with van der Waals surface area (Å²) in [6.45, 7) is 5.79. The number of para-hydroxylation sites is 1. The van der Waals surface area contributed by atoms with Crippen molar-refractivity contribution >= 4 is 22.4 Å². The number of fused-ring (bicyclic) bond motifs is 3. The number of rotatable bonds is 5. The van der Waals surface area contributed by atoms with Gasteiger partial charge in [-0.1, -0.05) is 42.9 Å². The Balaban J connectivity index is 1.73. The van der Waals surface area contributed by atoms with Crippen molar-refractivity contribution in [2.24, 2.45) is 0 Å². The van der Waals surface area contributed by atoms with Crippen molar-refractivity contribution in [3.05, 3.63) is 65.1 Å². The van der Waals surface area contributed by atoms with E-state index in [0.717, 1.165) is 76.6 Å². The predicted molar refractivity (Wildman–Crippen MR) is 133 cm³/mol. The van der Waals surface area contributed by atoms with E-state index in [1.807, 2.05) is 18.3 Å². The van der Waals surface area contributed by atoms with Crippen LogP contribution in [0.1, 0.15) is 49.2 Å². The maximum atomic E-state index is 11.7. The van der Waals surface area contributed by atoms with E-state index in [-0.39, 0.29) is 5.91 Å². The number of carbonyl (C=O) groups is 1. The monoisotopic (exact) mass is 457 g/mol. The average Bonchev–Trinajstić information content (AvgIpc) is 3.31. The molecule has 1 aromatic carbocycles. The van der Waals surface area contributed by atoms with Gasteiger partial charge in [-0.2, -0.15) is 5.10 Å². The Morgan fingerprint density at radius 2 is 2.03 bits per heavy atom. The number of hydrogen-bond donors (Lipinski definition) is 1. The van der Waals surface area contributed by atoms with Gasteiger partial charge in [-0.05, 0) is 56.4 Å². The molecule has 1 aliphatic carbocycles. The molecular weight excluding hydrogens is 430 g/mol. The number of aromatic nitrogens is 4. The van der Waals surface area contributed by atoms with Crippen LogP contribution in [0.15, 0.2) is 42.6 Å². The lowest BCUT2D eigenvalue weighted by atomic mass is 10.0. The van der Waals surface area contributed by atoms with Gasteiger partial charge in [0, 0.05) is 29.9 Å². The van der Waals surface area contributed by atoms with Crippen molar-refractivity contribution in [1.82, 2.24) is 19.7 Å². The molecule has 0 saturated heterocycles. The summed E-state index contributed by atoms with van der Waals surface area (Å²) in [4.78, 5) is 22.2. The van der Waals surface area contributed by atoms with Crippen molar-refractivity contribution in [2.45, 2.75) is 52.9 Å². The van der Waals surface area contributed by atoms with Crippen molar-refractivity contribution in [1.29, 1.82) is 0 Å². The molecule has 0 atom stereocenters. The van der Waals surface area contributed by atoms with Gasteiger partial charge in [0.15, 0.2) is 5.13 Å². The van der Waals surface area contributed by atoms with Crippen LogP contribution in [0.25, 0.3) is 27.5 Å². The largest absolute Gasteiger partial charge is 0.302 e. The van der Waals surface area contributed by atoms with Gasteiger partial charge in [-0.3, -0.25) is 9.78 Å². The lowest BCUT2D eigenvalue weighted by Gasteiger charge is -2.10.